The molecule has 0 radical (unpaired) electrons. The molecule has 2 aromatic carbocycles. The number of aliphatic hydroxyl groups excluding tert-OH is 1. The molecule has 2 aliphatic heterocycles. The van der Waals surface area contributed by atoms with Crippen LogP contribution in [0, 0.1) is 12.8 Å². The van der Waals surface area contributed by atoms with Gasteiger partial charge >= 0.3 is 0 Å². The monoisotopic (exact) mass is 712 g/mol. The number of nitrogens with zero attached hydrogens (tertiary/aromatic N) is 6. The van der Waals surface area contributed by atoms with Gasteiger partial charge in [0.15, 0.2) is 0 Å². The predicted octanol–water partition coefficient (Wildman–Crippen LogP) is 4.48. The minimum atomic E-state index is -4.04. The van der Waals surface area contributed by atoms with Gasteiger partial charge in [0.25, 0.3) is 15.6 Å². The van der Waals surface area contributed by atoms with E-state index >= 15 is 0 Å². The molecule has 268 valence electrons. The third-order valence-corrected chi connectivity index (χ3v) is 12.5. The Hall–Kier alpha value is -4.30. The van der Waals surface area contributed by atoms with Gasteiger partial charge in [0, 0.05) is 55.4 Å². The summed E-state index contributed by atoms with van der Waals surface area (Å²) in [5, 5.41) is 11.3. The van der Waals surface area contributed by atoms with Crippen molar-refractivity contribution in [2.75, 3.05) is 55.9 Å². The van der Waals surface area contributed by atoms with E-state index in [-0.39, 0.29) is 29.2 Å². The summed E-state index contributed by atoms with van der Waals surface area (Å²) in [5.41, 5.74) is 2.96. The van der Waals surface area contributed by atoms with Crippen molar-refractivity contribution in [1.29, 1.82) is 0 Å². The highest BCUT2D eigenvalue weighted by molar-refractivity contribution is 7.90. The lowest BCUT2D eigenvalue weighted by atomic mass is 9.83. The number of aromatic nitrogens is 4. The molecule has 5 heterocycles. The van der Waals surface area contributed by atoms with Crippen LogP contribution in [0.5, 0.6) is 0 Å². The number of aliphatic hydroxyl groups is 1. The zero-order valence-electron chi connectivity index (χ0n) is 29.1. The molecule has 3 fully saturated rings. The van der Waals surface area contributed by atoms with Crippen LogP contribution in [0.15, 0.2) is 70.6 Å². The smallest absolute Gasteiger partial charge is 0.275 e. The SMILES string of the molecule is Cc1ccc(S(=O)(=O)n2ccc3c(-c4ccc5nc(N6CCO[C@H](CO)C6)nc(N6CCOC[C@@H]6C6CCCCC6)c5c4)cn(C)c(=O)c32)cc1. The molecule has 3 aromatic heterocycles. The summed E-state index contributed by atoms with van der Waals surface area (Å²) < 4.78 is 42.1. The number of fused-ring (bicyclic) bond motifs is 2. The zero-order valence-corrected chi connectivity index (χ0v) is 29.9. The molecule has 12 nitrogen and oxygen atoms in total. The van der Waals surface area contributed by atoms with Gasteiger partial charge in [-0.3, -0.25) is 4.79 Å². The van der Waals surface area contributed by atoms with Crippen molar-refractivity contribution in [1.82, 2.24) is 18.5 Å². The third kappa shape index (κ3) is 6.19. The van der Waals surface area contributed by atoms with E-state index in [1.807, 2.05) is 19.1 Å². The van der Waals surface area contributed by atoms with Crippen molar-refractivity contribution < 1.29 is 23.0 Å². The summed E-state index contributed by atoms with van der Waals surface area (Å²) in [6.07, 6.45) is 8.94. The summed E-state index contributed by atoms with van der Waals surface area (Å²) in [7, 11) is -2.39. The van der Waals surface area contributed by atoms with E-state index in [9.17, 15) is 18.3 Å². The molecule has 1 aliphatic carbocycles. The summed E-state index contributed by atoms with van der Waals surface area (Å²) in [6, 6.07) is 14.5. The van der Waals surface area contributed by atoms with Crippen LogP contribution >= 0.6 is 0 Å². The van der Waals surface area contributed by atoms with Gasteiger partial charge in [-0.15, -0.1) is 0 Å². The van der Waals surface area contributed by atoms with Crippen molar-refractivity contribution in [3.63, 3.8) is 0 Å². The van der Waals surface area contributed by atoms with Crippen LogP contribution in [0.1, 0.15) is 37.7 Å². The van der Waals surface area contributed by atoms with E-state index < -0.39 is 15.6 Å². The van der Waals surface area contributed by atoms with E-state index in [4.69, 9.17) is 19.4 Å². The van der Waals surface area contributed by atoms with E-state index in [0.717, 1.165) is 50.2 Å². The van der Waals surface area contributed by atoms with E-state index in [1.165, 1.54) is 30.0 Å². The molecule has 2 atom stereocenters. The molecule has 8 rings (SSSR count). The summed E-state index contributed by atoms with van der Waals surface area (Å²) in [5.74, 6) is 1.93. The molecule has 0 spiro atoms. The Balaban J connectivity index is 1.29. The normalized spacial score (nSPS) is 20.8. The third-order valence-electron chi connectivity index (χ3n) is 10.8. The maximum Gasteiger partial charge on any atom is 0.275 e. The van der Waals surface area contributed by atoms with Crippen molar-refractivity contribution in [2.45, 2.75) is 56.1 Å². The summed E-state index contributed by atoms with van der Waals surface area (Å²) in [4.78, 5) is 28.6. The molecular weight excluding hydrogens is 669 g/mol. The Morgan fingerprint density at radius 3 is 2.55 bits per heavy atom. The maximum absolute atomic E-state index is 13.8. The zero-order chi connectivity index (χ0) is 35.3. The van der Waals surface area contributed by atoms with Crippen LogP contribution in [-0.4, -0.2) is 90.2 Å². The van der Waals surface area contributed by atoms with Crippen LogP contribution < -0.4 is 15.4 Å². The van der Waals surface area contributed by atoms with Crippen molar-refractivity contribution in [2.24, 2.45) is 13.0 Å². The number of pyridine rings is 1. The second-order valence-corrected chi connectivity index (χ2v) is 15.9. The molecule has 5 aromatic rings. The number of anilines is 2. The van der Waals surface area contributed by atoms with Crippen LogP contribution in [0.4, 0.5) is 11.8 Å². The van der Waals surface area contributed by atoms with E-state index in [2.05, 4.69) is 15.9 Å². The molecule has 1 saturated carbocycles. The maximum atomic E-state index is 13.8. The Kier molecular flexibility index (Phi) is 9.07. The summed E-state index contributed by atoms with van der Waals surface area (Å²) in [6.45, 7) is 5.34. The Labute approximate surface area is 297 Å². The van der Waals surface area contributed by atoms with Crippen LogP contribution in [-0.2, 0) is 26.5 Å². The fourth-order valence-electron chi connectivity index (χ4n) is 8.02. The fraction of sp³-hybridized carbons (Fsp3) is 0.447. The first-order valence-electron chi connectivity index (χ1n) is 17.9. The van der Waals surface area contributed by atoms with Gasteiger partial charge < -0.3 is 28.9 Å². The van der Waals surface area contributed by atoms with Crippen molar-refractivity contribution in [3.8, 4) is 11.1 Å². The average Bonchev–Trinajstić information content (AvgIpc) is 3.63. The van der Waals surface area contributed by atoms with Gasteiger partial charge in [-0.1, -0.05) is 43.0 Å². The fourth-order valence-corrected chi connectivity index (χ4v) is 9.36. The van der Waals surface area contributed by atoms with Crippen molar-refractivity contribution >= 4 is 43.6 Å². The quantitative estimate of drug-likeness (QED) is 0.258. The predicted molar refractivity (Wildman–Crippen MR) is 197 cm³/mol. The Bertz CT molecular complexity index is 2250. The molecule has 1 N–H and O–H groups in total. The molecule has 0 bridgehead atoms. The van der Waals surface area contributed by atoms with Crippen LogP contribution in [0.2, 0.25) is 0 Å². The minimum absolute atomic E-state index is 0.0738. The highest BCUT2D eigenvalue weighted by atomic mass is 32.2. The Morgan fingerprint density at radius 1 is 0.961 bits per heavy atom. The number of hydrogen-bond acceptors (Lipinski definition) is 10. The highest BCUT2D eigenvalue weighted by Gasteiger charge is 2.34. The second kappa shape index (κ2) is 13.7. The first-order valence-corrected chi connectivity index (χ1v) is 19.3. The van der Waals surface area contributed by atoms with Gasteiger partial charge in [-0.25, -0.2) is 17.4 Å². The number of hydrogen-bond donors (Lipinski definition) is 1. The van der Waals surface area contributed by atoms with E-state index in [1.54, 1.807) is 43.6 Å². The first-order chi connectivity index (χ1) is 24.7. The molecular formula is C38H44N6O6S. The molecule has 2 saturated heterocycles. The summed E-state index contributed by atoms with van der Waals surface area (Å²) >= 11 is 0. The van der Waals surface area contributed by atoms with Gasteiger partial charge in [0.1, 0.15) is 11.3 Å². The molecule has 3 aliphatic rings. The molecule has 13 heteroatoms. The van der Waals surface area contributed by atoms with Crippen LogP contribution in [0.3, 0.4) is 0 Å². The number of ether oxygens (including phenoxy) is 2. The number of morpholine rings is 2. The lowest BCUT2D eigenvalue weighted by Crippen LogP contribution is -2.51. The average molecular weight is 713 g/mol. The van der Waals surface area contributed by atoms with Gasteiger partial charge in [-0.05, 0) is 61.6 Å². The number of benzene rings is 2. The second-order valence-electron chi connectivity index (χ2n) is 14.1. The molecule has 0 amide bonds. The standard InChI is InChI=1S/C38H44N6O6S/c1-25-8-11-29(12-9-25)51(47,48)44-15-14-30-32(22-41(2)37(46)35(30)44)27-10-13-33-31(20-27)36(40-38(39-33)42-16-19-50-28(21-42)23-45)43-17-18-49-24-34(43)26-6-4-3-5-7-26/h8-15,20,22,26,28,34,45H,3-7,16-19,21,23-24H2,1-2H3/t28-,34+/m0/s1. The van der Waals surface area contributed by atoms with Crippen LogP contribution in [0.25, 0.3) is 32.9 Å². The molecule has 51 heavy (non-hydrogen) atoms. The van der Waals surface area contributed by atoms with Gasteiger partial charge in [0.2, 0.25) is 5.95 Å². The topological polar surface area (TPSA) is 132 Å². The molecule has 0 unspecified atom stereocenters. The lowest BCUT2D eigenvalue weighted by molar-refractivity contribution is 0.00315. The minimum Gasteiger partial charge on any atom is -0.394 e. The largest absolute Gasteiger partial charge is 0.394 e. The lowest BCUT2D eigenvalue weighted by Gasteiger charge is -2.43. The van der Waals surface area contributed by atoms with E-state index in [0.29, 0.717) is 56.7 Å². The van der Waals surface area contributed by atoms with Gasteiger partial charge in [-0.2, -0.15) is 4.98 Å². The Morgan fingerprint density at radius 2 is 1.76 bits per heavy atom. The highest BCUT2D eigenvalue weighted by Crippen LogP contribution is 2.38. The first kappa shape index (κ1) is 33.8. The van der Waals surface area contributed by atoms with Gasteiger partial charge in [0.05, 0.1) is 49.0 Å². The number of rotatable bonds is 7. The van der Waals surface area contributed by atoms with Crippen molar-refractivity contribution in [3.05, 3.63) is 76.8 Å². The number of aryl methyl sites for hydroxylation is 2.